The molecule has 0 saturated heterocycles. The fourth-order valence-corrected chi connectivity index (χ4v) is 2.61. The molecule has 2 aromatic rings. The van der Waals surface area contributed by atoms with Gasteiger partial charge in [-0.25, -0.2) is 18.1 Å². The third kappa shape index (κ3) is 2.66. The van der Waals surface area contributed by atoms with Crippen LogP contribution in [0.15, 0.2) is 35.5 Å². The number of phenolic OH excluding ortho intramolecular Hbond substituents is 1. The van der Waals surface area contributed by atoms with Crippen molar-refractivity contribution in [2.24, 2.45) is 0 Å². The maximum Gasteiger partial charge on any atom is 0.241 e. The van der Waals surface area contributed by atoms with E-state index in [1.165, 1.54) is 30.6 Å². The number of hydrogen-bond acceptors (Lipinski definition) is 5. The van der Waals surface area contributed by atoms with Gasteiger partial charge in [0.25, 0.3) is 0 Å². The van der Waals surface area contributed by atoms with E-state index in [-0.39, 0.29) is 10.6 Å². The molecule has 0 amide bonds. The topological polar surface area (TPSA) is 108 Å². The zero-order chi connectivity index (χ0) is 13.2. The van der Waals surface area contributed by atoms with Gasteiger partial charge in [0.1, 0.15) is 17.9 Å². The Morgan fingerprint density at radius 2 is 2.00 bits per heavy atom. The maximum absolute atomic E-state index is 12.0. The lowest BCUT2D eigenvalue weighted by Gasteiger charge is -2.11. The van der Waals surface area contributed by atoms with E-state index in [4.69, 9.17) is 5.11 Å². The van der Waals surface area contributed by atoms with Crippen LogP contribution in [0.2, 0.25) is 0 Å². The number of rotatable bonds is 4. The standard InChI is InChI=1S/C10H12N4O3S/c1-7(10-11-6-12-13-10)14-18(16,17)9-4-2-8(15)3-5-9/h2-7,14-15H,1H3,(H,11,12,13). The van der Waals surface area contributed by atoms with E-state index in [9.17, 15) is 8.42 Å². The molecule has 1 atom stereocenters. The van der Waals surface area contributed by atoms with Crippen molar-refractivity contribution < 1.29 is 13.5 Å². The van der Waals surface area contributed by atoms with Crippen LogP contribution in [-0.4, -0.2) is 28.7 Å². The van der Waals surface area contributed by atoms with E-state index in [2.05, 4.69) is 19.9 Å². The van der Waals surface area contributed by atoms with Crippen molar-refractivity contribution in [2.45, 2.75) is 17.9 Å². The first kappa shape index (κ1) is 12.5. The van der Waals surface area contributed by atoms with E-state index < -0.39 is 16.1 Å². The Morgan fingerprint density at radius 1 is 1.33 bits per heavy atom. The molecule has 18 heavy (non-hydrogen) atoms. The zero-order valence-corrected chi connectivity index (χ0v) is 10.3. The van der Waals surface area contributed by atoms with Gasteiger partial charge in [-0.2, -0.15) is 5.10 Å². The molecule has 0 bridgehead atoms. The zero-order valence-electron chi connectivity index (χ0n) is 9.53. The second-order valence-electron chi connectivity index (χ2n) is 3.71. The molecule has 1 heterocycles. The van der Waals surface area contributed by atoms with Crippen molar-refractivity contribution in [3.05, 3.63) is 36.4 Å². The average Bonchev–Trinajstić information content (AvgIpc) is 2.82. The number of sulfonamides is 1. The highest BCUT2D eigenvalue weighted by Crippen LogP contribution is 2.16. The third-order valence-corrected chi connectivity index (χ3v) is 3.88. The molecule has 0 spiro atoms. The summed E-state index contributed by atoms with van der Waals surface area (Å²) in [6, 6.07) is 4.75. The van der Waals surface area contributed by atoms with Crippen LogP contribution in [-0.2, 0) is 10.0 Å². The normalized spacial score (nSPS) is 13.4. The number of nitrogens with one attached hydrogen (secondary N) is 2. The van der Waals surface area contributed by atoms with Crippen molar-refractivity contribution in [1.29, 1.82) is 0 Å². The van der Waals surface area contributed by atoms with Gasteiger partial charge in [0, 0.05) is 0 Å². The van der Waals surface area contributed by atoms with E-state index in [1.54, 1.807) is 6.92 Å². The summed E-state index contributed by atoms with van der Waals surface area (Å²) in [7, 11) is -3.65. The van der Waals surface area contributed by atoms with Crippen LogP contribution in [0.5, 0.6) is 5.75 Å². The van der Waals surface area contributed by atoms with Crippen LogP contribution < -0.4 is 4.72 Å². The molecule has 8 heteroatoms. The first-order chi connectivity index (χ1) is 8.49. The summed E-state index contributed by atoms with van der Waals surface area (Å²) < 4.78 is 26.4. The smallest absolute Gasteiger partial charge is 0.241 e. The fourth-order valence-electron chi connectivity index (χ4n) is 1.41. The first-order valence-corrected chi connectivity index (χ1v) is 6.64. The van der Waals surface area contributed by atoms with Gasteiger partial charge < -0.3 is 5.11 Å². The number of benzene rings is 1. The van der Waals surface area contributed by atoms with Gasteiger partial charge in [0.2, 0.25) is 10.0 Å². The first-order valence-electron chi connectivity index (χ1n) is 5.15. The largest absolute Gasteiger partial charge is 0.508 e. The van der Waals surface area contributed by atoms with Crippen molar-refractivity contribution >= 4 is 10.0 Å². The third-order valence-electron chi connectivity index (χ3n) is 2.32. The summed E-state index contributed by atoms with van der Waals surface area (Å²) in [5.74, 6) is 0.439. The predicted molar refractivity (Wildman–Crippen MR) is 63.2 cm³/mol. The van der Waals surface area contributed by atoms with Crippen LogP contribution in [0.25, 0.3) is 0 Å². The Labute approximate surface area is 104 Å². The molecule has 0 saturated carbocycles. The minimum atomic E-state index is -3.65. The molecular weight excluding hydrogens is 256 g/mol. The molecular formula is C10H12N4O3S. The Kier molecular flexibility index (Phi) is 3.30. The minimum Gasteiger partial charge on any atom is -0.508 e. The lowest BCUT2D eigenvalue weighted by molar-refractivity contribution is 0.474. The van der Waals surface area contributed by atoms with Crippen LogP contribution in [0.4, 0.5) is 0 Å². The van der Waals surface area contributed by atoms with E-state index in [0.717, 1.165) is 0 Å². The SMILES string of the molecule is CC(NS(=O)(=O)c1ccc(O)cc1)c1ncn[nH]1. The number of aromatic hydroxyl groups is 1. The maximum atomic E-state index is 12.0. The van der Waals surface area contributed by atoms with Crippen molar-refractivity contribution in [3.63, 3.8) is 0 Å². The van der Waals surface area contributed by atoms with Gasteiger partial charge in [0.05, 0.1) is 10.9 Å². The number of aromatic nitrogens is 3. The molecule has 96 valence electrons. The summed E-state index contributed by atoms with van der Waals surface area (Å²) in [6.45, 7) is 1.65. The Balaban J connectivity index is 2.20. The van der Waals surface area contributed by atoms with E-state index in [1.807, 2.05) is 0 Å². The van der Waals surface area contributed by atoms with E-state index >= 15 is 0 Å². The number of aromatic amines is 1. The highest BCUT2D eigenvalue weighted by Gasteiger charge is 2.19. The van der Waals surface area contributed by atoms with Gasteiger partial charge in [-0.3, -0.25) is 5.10 Å². The van der Waals surface area contributed by atoms with Crippen LogP contribution in [0.1, 0.15) is 18.8 Å². The lowest BCUT2D eigenvalue weighted by atomic mass is 10.3. The molecule has 3 N–H and O–H groups in total. The van der Waals surface area contributed by atoms with Crippen LogP contribution in [0, 0.1) is 0 Å². The molecule has 0 aliphatic heterocycles. The monoisotopic (exact) mass is 268 g/mol. The summed E-state index contributed by atoms with van der Waals surface area (Å²) >= 11 is 0. The van der Waals surface area contributed by atoms with Crippen molar-refractivity contribution in [3.8, 4) is 5.75 Å². The summed E-state index contributed by atoms with van der Waals surface area (Å²) in [5.41, 5.74) is 0. The summed E-state index contributed by atoms with van der Waals surface area (Å²) in [6.07, 6.45) is 1.31. The molecule has 1 aromatic heterocycles. The number of hydrogen-bond donors (Lipinski definition) is 3. The molecule has 2 rings (SSSR count). The minimum absolute atomic E-state index is 0.0113. The van der Waals surface area contributed by atoms with Crippen LogP contribution >= 0.6 is 0 Å². The number of H-pyrrole nitrogens is 1. The highest BCUT2D eigenvalue weighted by atomic mass is 32.2. The average molecular weight is 268 g/mol. The summed E-state index contributed by atoms with van der Waals surface area (Å²) in [4.78, 5) is 3.95. The van der Waals surface area contributed by atoms with Gasteiger partial charge in [-0.15, -0.1) is 0 Å². The number of nitrogens with zero attached hydrogens (tertiary/aromatic N) is 2. The predicted octanol–water partition coefficient (Wildman–Crippen LogP) is 0.550. The van der Waals surface area contributed by atoms with Gasteiger partial charge in [0.15, 0.2) is 0 Å². The van der Waals surface area contributed by atoms with Gasteiger partial charge in [-0.05, 0) is 31.2 Å². The molecule has 0 aliphatic rings. The van der Waals surface area contributed by atoms with E-state index in [0.29, 0.717) is 5.82 Å². The van der Waals surface area contributed by atoms with Crippen molar-refractivity contribution in [2.75, 3.05) is 0 Å². The lowest BCUT2D eigenvalue weighted by Crippen LogP contribution is -2.27. The second kappa shape index (κ2) is 4.75. The quantitative estimate of drug-likeness (QED) is 0.750. The molecule has 1 unspecified atom stereocenters. The highest BCUT2D eigenvalue weighted by molar-refractivity contribution is 7.89. The fraction of sp³-hybridized carbons (Fsp3) is 0.200. The van der Waals surface area contributed by atoms with Gasteiger partial charge in [-0.1, -0.05) is 0 Å². The molecule has 0 aliphatic carbocycles. The Morgan fingerprint density at radius 3 is 2.56 bits per heavy atom. The Hall–Kier alpha value is -1.93. The molecule has 7 nitrogen and oxygen atoms in total. The van der Waals surface area contributed by atoms with Crippen LogP contribution in [0.3, 0.4) is 0 Å². The van der Waals surface area contributed by atoms with Crippen molar-refractivity contribution in [1.82, 2.24) is 19.9 Å². The molecule has 0 radical (unpaired) electrons. The number of phenols is 1. The molecule has 1 aromatic carbocycles. The Bertz CT molecular complexity index is 607. The second-order valence-corrected chi connectivity index (χ2v) is 5.42. The van der Waals surface area contributed by atoms with Gasteiger partial charge >= 0.3 is 0 Å². The summed E-state index contributed by atoms with van der Waals surface area (Å²) in [5, 5.41) is 15.4. The molecule has 0 fully saturated rings.